The highest BCUT2D eigenvalue weighted by Crippen LogP contribution is 2.28. The van der Waals surface area contributed by atoms with Crippen LogP contribution in [0.15, 0.2) is 29.6 Å². The van der Waals surface area contributed by atoms with Gasteiger partial charge in [0.2, 0.25) is 0 Å². The summed E-state index contributed by atoms with van der Waals surface area (Å²) in [5.74, 6) is -1.13. The van der Waals surface area contributed by atoms with Crippen molar-refractivity contribution in [1.29, 1.82) is 0 Å². The lowest BCUT2D eigenvalue weighted by atomic mass is 10.0. The van der Waals surface area contributed by atoms with Gasteiger partial charge in [-0.2, -0.15) is 0 Å². The summed E-state index contributed by atoms with van der Waals surface area (Å²) in [6, 6.07) is 7.78. The van der Waals surface area contributed by atoms with Crippen LogP contribution in [0.1, 0.15) is 21.7 Å². The molecule has 0 atom stereocenters. The molecule has 1 aromatic carbocycles. The lowest BCUT2D eigenvalue weighted by Gasteiger charge is -2.06. The van der Waals surface area contributed by atoms with Gasteiger partial charge in [0.25, 0.3) is 11.7 Å². The summed E-state index contributed by atoms with van der Waals surface area (Å²) in [5.41, 5.74) is 3.27. The third kappa shape index (κ3) is 2.85. The number of Topliss-reactive ketones (excluding diaryl/α,β-unsaturated/α-hetero) is 1. The van der Waals surface area contributed by atoms with Crippen LogP contribution >= 0.6 is 11.3 Å². The maximum absolute atomic E-state index is 12.9. The molecule has 1 aliphatic rings. The van der Waals surface area contributed by atoms with E-state index in [1.165, 1.54) is 11.3 Å². The summed E-state index contributed by atoms with van der Waals surface area (Å²) in [4.78, 5) is 29.7. The van der Waals surface area contributed by atoms with Gasteiger partial charge in [-0.15, -0.1) is 11.3 Å². The minimum absolute atomic E-state index is 0.451. The Bertz CT molecular complexity index is 973. The first-order valence-corrected chi connectivity index (χ1v) is 9.12. The lowest BCUT2D eigenvalue weighted by molar-refractivity contribution is -0.112. The molecular formula is C18H18N4O2S. The van der Waals surface area contributed by atoms with Crippen molar-refractivity contribution in [2.24, 2.45) is 0 Å². The van der Waals surface area contributed by atoms with Crippen LogP contribution in [0.2, 0.25) is 0 Å². The van der Waals surface area contributed by atoms with Gasteiger partial charge in [0, 0.05) is 48.0 Å². The van der Waals surface area contributed by atoms with Crippen LogP contribution in [0, 0.1) is 6.92 Å². The van der Waals surface area contributed by atoms with Gasteiger partial charge >= 0.3 is 0 Å². The van der Waals surface area contributed by atoms with Crippen LogP contribution in [-0.2, 0) is 17.8 Å². The first-order valence-electron chi connectivity index (χ1n) is 8.24. The van der Waals surface area contributed by atoms with Crippen molar-refractivity contribution in [2.75, 3.05) is 18.4 Å². The van der Waals surface area contributed by atoms with Crippen molar-refractivity contribution in [3.8, 4) is 0 Å². The normalized spacial score (nSPS) is 14.1. The van der Waals surface area contributed by atoms with Crippen molar-refractivity contribution in [2.45, 2.75) is 19.9 Å². The van der Waals surface area contributed by atoms with E-state index in [0.29, 0.717) is 10.7 Å². The lowest BCUT2D eigenvalue weighted by Crippen LogP contribution is -2.24. The van der Waals surface area contributed by atoms with Crippen molar-refractivity contribution < 1.29 is 9.59 Å². The Balaban J connectivity index is 1.76. The SMILES string of the molecule is Cc1csc(NC(=O)C(=O)c2c3n(c4ccccc24)CCNCC3)n1. The molecule has 128 valence electrons. The van der Waals surface area contributed by atoms with Crippen LogP contribution < -0.4 is 10.6 Å². The first kappa shape index (κ1) is 16.0. The topological polar surface area (TPSA) is 76.0 Å². The molecule has 0 spiro atoms. The van der Waals surface area contributed by atoms with Crippen molar-refractivity contribution in [3.05, 3.63) is 46.6 Å². The maximum Gasteiger partial charge on any atom is 0.298 e. The van der Waals surface area contributed by atoms with E-state index in [-0.39, 0.29) is 0 Å². The van der Waals surface area contributed by atoms with Crippen molar-refractivity contribution >= 4 is 39.1 Å². The summed E-state index contributed by atoms with van der Waals surface area (Å²) in [5, 5.41) is 9.11. The highest BCUT2D eigenvalue weighted by atomic mass is 32.1. The number of aryl methyl sites for hydroxylation is 1. The number of carbonyl (C=O) groups excluding carboxylic acids is 2. The molecule has 25 heavy (non-hydrogen) atoms. The molecule has 4 rings (SSSR count). The third-order valence-corrected chi connectivity index (χ3v) is 5.28. The quantitative estimate of drug-likeness (QED) is 0.559. The molecule has 0 radical (unpaired) electrons. The number of ketones is 1. The molecule has 7 heteroatoms. The van der Waals surface area contributed by atoms with Gasteiger partial charge < -0.3 is 9.88 Å². The summed E-state index contributed by atoms with van der Waals surface area (Å²) in [6.45, 7) is 4.28. The van der Waals surface area contributed by atoms with Gasteiger partial charge in [0.05, 0.1) is 11.3 Å². The van der Waals surface area contributed by atoms with E-state index in [1.54, 1.807) is 0 Å². The largest absolute Gasteiger partial charge is 0.343 e. The molecular weight excluding hydrogens is 336 g/mol. The number of rotatable bonds is 3. The molecule has 2 N–H and O–H groups in total. The predicted molar refractivity (Wildman–Crippen MR) is 98.3 cm³/mol. The smallest absolute Gasteiger partial charge is 0.298 e. The molecule has 0 saturated heterocycles. The molecule has 0 saturated carbocycles. The van der Waals surface area contributed by atoms with Gasteiger partial charge in [0.15, 0.2) is 5.13 Å². The van der Waals surface area contributed by atoms with E-state index in [2.05, 4.69) is 20.2 Å². The standard InChI is InChI=1S/C18H18N4O2S/c1-11-10-25-18(20-11)21-17(24)16(23)15-12-4-2-3-5-13(12)22-9-8-19-7-6-14(15)22/h2-5,10,19H,6-9H2,1H3,(H,20,21,24). The second-order valence-corrected chi connectivity index (χ2v) is 6.93. The summed E-state index contributed by atoms with van der Waals surface area (Å²) in [6.07, 6.45) is 0.722. The fourth-order valence-electron chi connectivity index (χ4n) is 3.33. The molecule has 2 aromatic heterocycles. The number of fused-ring (bicyclic) bond motifs is 3. The van der Waals surface area contributed by atoms with E-state index >= 15 is 0 Å². The summed E-state index contributed by atoms with van der Waals surface area (Å²) >= 11 is 1.32. The Morgan fingerprint density at radius 2 is 2.12 bits per heavy atom. The highest BCUT2D eigenvalue weighted by Gasteiger charge is 2.27. The van der Waals surface area contributed by atoms with Gasteiger partial charge in [-0.25, -0.2) is 4.98 Å². The van der Waals surface area contributed by atoms with E-state index in [1.807, 2.05) is 36.6 Å². The van der Waals surface area contributed by atoms with E-state index in [9.17, 15) is 9.59 Å². The number of amides is 1. The Labute approximate surface area is 148 Å². The Morgan fingerprint density at radius 3 is 2.92 bits per heavy atom. The van der Waals surface area contributed by atoms with Crippen molar-refractivity contribution in [1.82, 2.24) is 14.9 Å². The molecule has 3 heterocycles. The zero-order chi connectivity index (χ0) is 17.4. The van der Waals surface area contributed by atoms with Crippen LogP contribution in [0.4, 0.5) is 5.13 Å². The number of benzene rings is 1. The Kier molecular flexibility index (Phi) is 4.10. The van der Waals surface area contributed by atoms with E-state index in [0.717, 1.165) is 48.3 Å². The molecule has 0 unspecified atom stereocenters. The number of carbonyl (C=O) groups is 2. The van der Waals surface area contributed by atoms with Gasteiger partial charge in [-0.3, -0.25) is 14.9 Å². The molecule has 1 aliphatic heterocycles. The Morgan fingerprint density at radius 1 is 1.28 bits per heavy atom. The molecule has 0 aliphatic carbocycles. The number of thiazole rings is 1. The number of hydrogen-bond acceptors (Lipinski definition) is 5. The average Bonchev–Trinajstić information content (AvgIpc) is 3.05. The zero-order valence-corrected chi connectivity index (χ0v) is 14.7. The zero-order valence-electron chi connectivity index (χ0n) is 13.8. The van der Waals surface area contributed by atoms with Crippen LogP contribution in [0.3, 0.4) is 0 Å². The van der Waals surface area contributed by atoms with Gasteiger partial charge in [0.1, 0.15) is 0 Å². The number of nitrogens with one attached hydrogen (secondary N) is 2. The molecule has 0 fully saturated rings. The average molecular weight is 354 g/mol. The van der Waals surface area contributed by atoms with Crippen LogP contribution in [0.5, 0.6) is 0 Å². The third-order valence-electron chi connectivity index (χ3n) is 4.40. The molecule has 0 bridgehead atoms. The number of aromatic nitrogens is 2. The van der Waals surface area contributed by atoms with Crippen LogP contribution in [-0.4, -0.2) is 34.3 Å². The number of hydrogen-bond donors (Lipinski definition) is 2. The second-order valence-electron chi connectivity index (χ2n) is 6.07. The highest BCUT2D eigenvalue weighted by molar-refractivity contribution is 7.14. The van der Waals surface area contributed by atoms with Crippen molar-refractivity contribution in [3.63, 3.8) is 0 Å². The number of para-hydroxylation sites is 1. The summed E-state index contributed by atoms with van der Waals surface area (Å²) < 4.78 is 2.16. The van der Waals surface area contributed by atoms with E-state index < -0.39 is 11.7 Å². The fourth-order valence-corrected chi connectivity index (χ4v) is 4.01. The second kappa shape index (κ2) is 6.42. The predicted octanol–water partition coefficient (Wildman–Crippen LogP) is 2.37. The summed E-state index contributed by atoms with van der Waals surface area (Å²) in [7, 11) is 0. The molecule has 3 aromatic rings. The molecule has 1 amide bonds. The van der Waals surface area contributed by atoms with Gasteiger partial charge in [-0.1, -0.05) is 18.2 Å². The Hall–Kier alpha value is -2.51. The number of anilines is 1. The van der Waals surface area contributed by atoms with Crippen LogP contribution in [0.25, 0.3) is 10.9 Å². The first-order chi connectivity index (χ1) is 12.1. The minimum Gasteiger partial charge on any atom is -0.343 e. The van der Waals surface area contributed by atoms with E-state index in [4.69, 9.17) is 0 Å². The van der Waals surface area contributed by atoms with Gasteiger partial charge in [-0.05, 0) is 13.0 Å². The fraction of sp³-hybridized carbons (Fsp3) is 0.278. The molecule has 6 nitrogen and oxygen atoms in total. The minimum atomic E-state index is -0.634. The maximum atomic E-state index is 12.9. The number of nitrogens with zero attached hydrogens (tertiary/aromatic N) is 2. The monoisotopic (exact) mass is 354 g/mol.